The number of nitrogens with zero attached hydrogens (tertiary/aromatic N) is 1. The molecule has 6 nitrogen and oxygen atoms in total. The average Bonchev–Trinajstić information content (AvgIpc) is 2.39. The van der Waals surface area contributed by atoms with Crippen LogP contribution in [0.25, 0.3) is 0 Å². The highest BCUT2D eigenvalue weighted by Gasteiger charge is 2.29. The van der Waals surface area contributed by atoms with Crippen LogP contribution in [-0.4, -0.2) is 19.9 Å². The first-order valence-electron chi connectivity index (χ1n) is 6.26. The van der Waals surface area contributed by atoms with Crippen LogP contribution in [0.15, 0.2) is 23.1 Å². The maximum Gasteiger partial charge on any atom is 0.324 e. The molecule has 0 spiro atoms. The Morgan fingerprint density at radius 2 is 1.95 bits per heavy atom. The molecule has 1 aromatic carbocycles. The Hall–Kier alpha value is -1.54. The van der Waals surface area contributed by atoms with E-state index in [-0.39, 0.29) is 12.5 Å². The summed E-state index contributed by atoms with van der Waals surface area (Å²) in [5.74, 6) is -1.03. The highest BCUT2D eigenvalue weighted by molar-refractivity contribution is 7.89. The lowest BCUT2D eigenvalue weighted by atomic mass is 10.0. The van der Waals surface area contributed by atoms with Gasteiger partial charge in [-0.2, -0.15) is 4.39 Å². The van der Waals surface area contributed by atoms with E-state index < -0.39 is 31.3 Å². The Morgan fingerprint density at radius 3 is 2.45 bits per heavy atom. The quantitative estimate of drug-likeness (QED) is 0.619. The standard InChI is InChI=1S/C12H17FN2O4S/c1-3-9(4-2)8-14-20(18,19)11-7-5-6-10(13)12(11)15(16)17/h5-7,9,14H,3-4,8H2,1-2H3. The molecule has 0 amide bonds. The van der Waals surface area contributed by atoms with E-state index >= 15 is 0 Å². The second-order valence-electron chi connectivity index (χ2n) is 4.38. The van der Waals surface area contributed by atoms with E-state index in [1.165, 1.54) is 0 Å². The van der Waals surface area contributed by atoms with Crippen molar-refractivity contribution in [1.82, 2.24) is 4.72 Å². The minimum Gasteiger partial charge on any atom is -0.258 e. The number of rotatable bonds is 7. The minimum absolute atomic E-state index is 0.136. The smallest absolute Gasteiger partial charge is 0.258 e. The molecular weight excluding hydrogens is 287 g/mol. The van der Waals surface area contributed by atoms with Crippen LogP contribution in [-0.2, 0) is 10.0 Å². The molecule has 1 rings (SSSR count). The van der Waals surface area contributed by atoms with E-state index in [4.69, 9.17) is 0 Å². The van der Waals surface area contributed by atoms with Gasteiger partial charge in [-0.25, -0.2) is 13.1 Å². The van der Waals surface area contributed by atoms with E-state index in [0.29, 0.717) is 0 Å². The molecule has 20 heavy (non-hydrogen) atoms. The molecule has 0 aromatic heterocycles. The van der Waals surface area contributed by atoms with Crippen LogP contribution in [0.5, 0.6) is 0 Å². The zero-order valence-corrected chi connectivity index (χ0v) is 12.1. The van der Waals surface area contributed by atoms with Crippen LogP contribution < -0.4 is 4.72 Å². The first kappa shape index (κ1) is 16.5. The van der Waals surface area contributed by atoms with Gasteiger partial charge in [0, 0.05) is 6.54 Å². The normalized spacial score (nSPS) is 11.8. The third-order valence-electron chi connectivity index (χ3n) is 3.14. The Bertz CT molecular complexity index is 585. The van der Waals surface area contributed by atoms with Gasteiger partial charge in [-0.3, -0.25) is 10.1 Å². The molecule has 1 aromatic rings. The molecule has 112 valence electrons. The predicted octanol–water partition coefficient (Wildman–Crippen LogP) is 2.45. The van der Waals surface area contributed by atoms with E-state index in [0.717, 1.165) is 31.0 Å². The second kappa shape index (κ2) is 6.76. The van der Waals surface area contributed by atoms with Gasteiger partial charge in [0.15, 0.2) is 4.90 Å². The molecule has 0 radical (unpaired) electrons. The first-order chi connectivity index (χ1) is 9.33. The van der Waals surface area contributed by atoms with Gasteiger partial charge in [0.2, 0.25) is 15.8 Å². The van der Waals surface area contributed by atoms with Gasteiger partial charge in [0.25, 0.3) is 0 Å². The number of nitrogens with one attached hydrogen (secondary N) is 1. The number of nitro groups is 1. The summed E-state index contributed by atoms with van der Waals surface area (Å²) >= 11 is 0. The minimum atomic E-state index is -4.11. The number of sulfonamides is 1. The lowest BCUT2D eigenvalue weighted by molar-refractivity contribution is -0.390. The lowest BCUT2D eigenvalue weighted by Gasteiger charge is -2.13. The molecule has 0 aliphatic rings. The summed E-state index contributed by atoms with van der Waals surface area (Å²) in [5.41, 5.74) is -1.02. The van der Waals surface area contributed by atoms with E-state index in [2.05, 4.69) is 4.72 Å². The third-order valence-corrected chi connectivity index (χ3v) is 4.59. The SMILES string of the molecule is CCC(CC)CNS(=O)(=O)c1cccc(F)c1[N+](=O)[O-]. The van der Waals surface area contributed by atoms with Crippen LogP contribution in [0.2, 0.25) is 0 Å². The molecule has 0 unspecified atom stereocenters. The number of hydrogen-bond acceptors (Lipinski definition) is 4. The third kappa shape index (κ3) is 3.73. The van der Waals surface area contributed by atoms with Crippen molar-refractivity contribution in [3.63, 3.8) is 0 Å². The maximum atomic E-state index is 13.4. The van der Waals surface area contributed by atoms with Gasteiger partial charge < -0.3 is 0 Å². The van der Waals surface area contributed by atoms with Crippen molar-refractivity contribution in [2.45, 2.75) is 31.6 Å². The van der Waals surface area contributed by atoms with Crippen LogP contribution in [0.3, 0.4) is 0 Å². The van der Waals surface area contributed by atoms with Crippen molar-refractivity contribution in [1.29, 1.82) is 0 Å². The van der Waals surface area contributed by atoms with E-state index in [9.17, 15) is 22.9 Å². The van der Waals surface area contributed by atoms with Crippen LogP contribution >= 0.6 is 0 Å². The second-order valence-corrected chi connectivity index (χ2v) is 6.11. The lowest BCUT2D eigenvalue weighted by Crippen LogP contribution is -2.29. The highest BCUT2D eigenvalue weighted by Crippen LogP contribution is 2.26. The van der Waals surface area contributed by atoms with Crippen molar-refractivity contribution in [2.75, 3.05) is 6.54 Å². The zero-order valence-electron chi connectivity index (χ0n) is 11.3. The summed E-state index contributed by atoms with van der Waals surface area (Å²) in [6.45, 7) is 4.02. The topological polar surface area (TPSA) is 89.3 Å². The van der Waals surface area contributed by atoms with Gasteiger partial charge in [-0.05, 0) is 18.1 Å². The van der Waals surface area contributed by atoms with Crippen LogP contribution in [0.4, 0.5) is 10.1 Å². The van der Waals surface area contributed by atoms with Gasteiger partial charge in [-0.15, -0.1) is 0 Å². The fourth-order valence-corrected chi connectivity index (χ4v) is 3.07. The van der Waals surface area contributed by atoms with Crippen molar-refractivity contribution < 1.29 is 17.7 Å². The molecule has 0 aliphatic heterocycles. The zero-order chi connectivity index (χ0) is 15.3. The van der Waals surface area contributed by atoms with E-state index in [1.54, 1.807) is 0 Å². The summed E-state index contributed by atoms with van der Waals surface area (Å²) in [5, 5.41) is 10.8. The molecule has 1 N–H and O–H groups in total. The van der Waals surface area contributed by atoms with Crippen molar-refractivity contribution in [3.8, 4) is 0 Å². The molecule has 8 heteroatoms. The number of para-hydroxylation sites is 1. The summed E-state index contributed by atoms with van der Waals surface area (Å²) in [7, 11) is -4.11. The number of benzene rings is 1. The number of hydrogen-bond donors (Lipinski definition) is 1. The summed E-state index contributed by atoms with van der Waals surface area (Å²) in [6.07, 6.45) is 1.56. The molecule has 0 bridgehead atoms. The van der Waals surface area contributed by atoms with Gasteiger partial charge in [0.1, 0.15) is 0 Å². The molecule has 0 atom stereocenters. The number of nitro benzene ring substituents is 1. The van der Waals surface area contributed by atoms with Gasteiger partial charge in [0.05, 0.1) is 4.92 Å². The largest absolute Gasteiger partial charge is 0.324 e. The molecule has 0 aliphatic carbocycles. The van der Waals surface area contributed by atoms with Crippen LogP contribution in [0.1, 0.15) is 26.7 Å². The summed E-state index contributed by atoms with van der Waals surface area (Å²) in [6, 6.07) is 3.02. The molecule has 0 saturated heterocycles. The summed E-state index contributed by atoms with van der Waals surface area (Å²) in [4.78, 5) is 9.14. The maximum absolute atomic E-state index is 13.4. The van der Waals surface area contributed by atoms with E-state index in [1.807, 2.05) is 13.8 Å². The predicted molar refractivity (Wildman–Crippen MR) is 72.3 cm³/mol. The Kier molecular flexibility index (Phi) is 5.58. The summed E-state index contributed by atoms with van der Waals surface area (Å²) < 4.78 is 39.9. The molecule has 0 fully saturated rings. The average molecular weight is 304 g/mol. The fraction of sp³-hybridized carbons (Fsp3) is 0.500. The Labute approximate surface area is 117 Å². The van der Waals surface area contributed by atoms with Crippen molar-refractivity contribution in [3.05, 3.63) is 34.1 Å². The number of halogens is 1. The molecule has 0 saturated carbocycles. The Balaban J connectivity index is 3.10. The van der Waals surface area contributed by atoms with Crippen molar-refractivity contribution >= 4 is 15.7 Å². The fourth-order valence-electron chi connectivity index (χ4n) is 1.77. The first-order valence-corrected chi connectivity index (χ1v) is 7.74. The monoisotopic (exact) mass is 304 g/mol. The van der Waals surface area contributed by atoms with Gasteiger partial charge >= 0.3 is 5.69 Å². The van der Waals surface area contributed by atoms with Gasteiger partial charge in [-0.1, -0.05) is 32.8 Å². The van der Waals surface area contributed by atoms with Crippen molar-refractivity contribution in [2.24, 2.45) is 5.92 Å². The molecular formula is C12H17FN2O4S. The Morgan fingerprint density at radius 1 is 1.35 bits per heavy atom. The molecule has 0 heterocycles. The highest BCUT2D eigenvalue weighted by atomic mass is 32.2. The van der Waals surface area contributed by atoms with Crippen LogP contribution in [0, 0.1) is 21.8 Å².